The van der Waals surface area contributed by atoms with Crippen LogP contribution in [-0.4, -0.2) is 29.2 Å². The zero-order chi connectivity index (χ0) is 10.7. The molecule has 1 fully saturated rings. The molecule has 0 heterocycles. The van der Waals surface area contributed by atoms with Gasteiger partial charge in [0.1, 0.15) is 6.04 Å². The number of amides is 2. The summed E-state index contributed by atoms with van der Waals surface area (Å²) in [5.41, 5.74) is 0. The van der Waals surface area contributed by atoms with E-state index in [1.807, 2.05) is 6.92 Å². The normalized spacial score (nSPS) is 26.4. The molecule has 1 aliphatic rings. The SMILES string of the molecule is CCC(NC(=O)NC1CC1C)C(=O)O. The molecule has 1 rings (SSSR count). The maximum atomic E-state index is 11.2. The largest absolute Gasteiger partial charge is 0.480 e. The molecule has 3 unspecified atom stereocenters. The van der Waals surface area contributed by atoms with E-state index >= 15 is 0 Å². The fourth-order valence-electron chi connectivity index (χ4n) is 1.23. The lowest BCUT2D eigenvalue weighted by Crippen LogP contribution is -2.46. The van der Waals surface area contributed by atoms with Crippen LogP contribution >= 0.6 is 0 Å². The molecule has 5 nitrogen and oxygen atoms in total. The van der Waals surface area contributed by atoms with Gasteiger partial charge in [-0.25, -0.2) is 9.59 Å². The van der Waals surface area contributed by atoms with Crippen molar-refractivity contribution in [3.63, 3.8) is 0 Å². The number of rotatable bonds is 4. The molecule has 1 saturated carbocycles. The quantitative estimate of drug-likeness (QED) is 0.620. The average Bonchev–Trinajstić information content (AvgIpc) is 2.77. The Labute approximate surface area is 82.9 Å². The standard InChI is InChI=1S/C9H16N2O3/c1-3-6(8(12)13)10-9(14)11-7-4-5(7)2/h5-7H,3-4H2,1-2H3,(H,12,13)(H2,10,11,14). The molecule has 0 radical (unpaired) electrons. The van der Waals surface area contributed by atoms with Gasteiger partial charge in [-0.1, -0.05) is 13.8 Å². The van der Waals surface area contributed by atoms with Crippen molar-refractivity contribution in [1.29, 1.82) is 0 Å². The summed E-state index contributed by atoms with van der Waals surface area (Å²) < 4.78 is 0. The Bertz CT molecular complexity index is 242. The third kappa shape index (κ3) is 2.90. The van der Waals surface area contributed by atoms with Crippen molar-refractivity contribution in [2.75, 3.05) is 0 Å². The van der Waals surface area contributed by atoms with Gasteiger partial charge in [-0.3, -0.25) is 0 Å². The van der Waals surface area contributed by atoms with Gasteiger partial charge in [0.15, 0.2) is 0 Å². The number of hydrogen-bond acceptors (Lipinski definition) is 2. The maximum absolute atomic E-state index is 11.2. The van der Waals surface area contributed by atoms with Crippen molar-refractivity contribution in [2.45, 2.75) is 38.8 Å². The van der Waals surface area contributed by atoms with Crippen LogP contribution in [0.2, 0.25) is 0 Å². The number of urea groups is 1. The third-order valence-corrected chi connectivity index (χ3v) is 2.44. The molecule has 0 spiro atoms. The van der Waals surface area contributed by atoms with Gasteiger partial charge in [0.2, 0.25) is 0 Å². The summed E-state index contributed by atoms with van der Waals surface area (Å²) in [6.45, 7) is 3.76. The second kappa shape index (κ2) is 4.30. The lowest BCUT2D eigenvalue weighted by Gasteiger charge is -2.12. The van der Waals surface area contributed by atoms with Crippen molar-refractivity contribution in [1.82, 2.24) is 10.6 Å². The minimum absolute atomic E-state index is 0.223. The molecule has 0 aliphatic heterocycles. The van der Waals surface area contributed by atoms with Gasteiger partial charge < -0.3 is 15.7 Å². The lowest BCUT2D eigenvalue weighted by atomic mass is 10.2. The van der Waals surface area contributed by atoms with Crippen LogP contribution in [0.1, 0.15) is 26.7 Å². The van der Waals surface area contributed by atoms with Gasteiger partial charge in [-0.05, 0) is 18.8 Å². The number of carbonyl (C=O) groups excluding carboxylic acids is 1. The molecule has 0 aromatic carbocycles. The fourth-order valence-corrected chi connectivity index (χ4v) is 1.23. The van der Waals surface area contributed by atoms with Crippen LogP contribution in [0.15, 0.2) is 0 Å². The van der Waals surface area contributed by atoms with Crippen LogP contribution in [0.4, 0.5) is 4.79 Å². The molecule has 80 valence electrons. The van der Waals surface area contributed by atoms with E-state index in [0.717, 1.165) is 6.42 Å². The molecule has 1 aliphatic carbocycles. The van der Waals surface area contributed by atoms with Crippen molar-refractivity contribution >= 4 is 12.0 Å². The zero-order valence-electron chi connectivity index (χ0n) is 8.41. The van der Waals surface area contributed by atoms with Crippen LogP contribution in [0.25, 0.3) is 0 Å². The Morgan fingerprint density at radius 1 is 1.57 bits per heavy atom. The topological polar surface area (TPSA) is 78.4 Å². The first-order chi connectivity index (χ1) is 6.54. The van der Waals surface area contributed by atoms with Crippen molar-refractivity contribution in [3.8, 4) is 0 Å². The van der Waals surface area contributed by atoms with E-state index in [0.29, 0.717) is 12.3 Å². The van der Waals surface area contributed by atoms with E-state index in [9.17, 15) is 9.59 Å². The Balaban J connectivity index is 2.27. The van der Waals surface area contributed by atoms with Crippen molar-refractivity contribution < 1.29 is 14.7 Å². The van der Waals surface area contributed by atoms with Gasteiger partial charge in [0.05, 0.1) is 0 Å². The Kier molecular flexibility index (Phi) is 3.33. The predicted molar refractivity (Wildman–Crippen MR) is 51.0 cm³/mol. The summed E-state index contributed by atoms with van der Waals surface area (Å²) in [7, 11) is 0. The second-order valence-electron chi connectivity index (χ2n) is 3.74. The molecule has 3 N–H and O–H groups in total. The Hall–Kier alpha value is -1.26. The molecule has 3 atom stereocenters. The number of aliphatic carboxylic acids is 1. The first kappa shape index (κ1) is 10.8. The summed E-state index contributed by atoms with van der Waals surface area (Å²) in [6.07, 6.45) is 1.38. The molecular formula is C9H16N2O3. The minimum Gasteiger partial charge on any atom is -0.480 e. The van der Waals surface area contributed by atoms with E-state index in [1.165, 1.54) is 0 Å². The van der Waals surface area contributed by atoms with E-state index < -0.39 is 12.0 Å². The predicted octanol–water partition coefficient (Wildman–Crippen LogP) is 0.557. The molecular weight excluding hydrogens is 184 g/mol. The second-order valence-corrected chi connectivity index (χ2v) is 3.74. The summed E-state index contributed by atoms with van der Waals surface area (Å²) in [5, 5.41) is 13.8. The van der Waals surface area contributed by atoms with E-state index in [-0.39, 0.29) is 12.1 Å². The van der Waals surface area contributed by atoms with E-state index in [4.69, 9.17) is 5.11 Å². The van der Waals surface area contributed by atoms with Crippen molar-refractivity contribution in [3.05, 3.63) is 0 Å². The number of carboxylic acid groups (broad SMARTS) is 1. The summed E-state index contributed by atoms with van der Waals surface area (Å²) in [5.74, 6) is -0.475. The van der Waals surface area contributed by atoms with Gasteiger partial charge in [-0.15, -0.1) is 0 Å². The highest BCUT2D eigenvalue weighted by Gasteiger charge is 2.34. The molecule has 0 aromatic rings. The summed E-state index contributed by atoms with van der Waals surface area (Å²) in [6, 6.07) is -0.945. The number of hydrogen-bond donors (Lipinski definition) is 3. The van der Waals surface area contributed by atoms with Crippen LogP contribution in [0, 0.1) is 5.92 Å². The number of carboxylic acids is 1. The number of carbonyl (C=O) groups is 2. The molecule has 2 amide bonds. The molecule has 14 heavy (non-hydrogen) atoms. The van der Waals surface area contributed by atoms with Crippen LogP contribution in [-0.2, 0) is 4.79 Å². The van der Waals surface area contributed by atoms with Gasteiger partial charge in [0, 0.05) is 6.04 Å². The Morgan fingerprint density at radius 3 is 2.50 bits per heavy atom. The third-order valence-electron chi connectivity index (χ3n) is 2.44. The average molecular weight is 200 g/mol. The maximum Gasteiger partial charge on any atom is 0.326 e. The smallest absolute Gasteiger partial charge is 0.326 e. The van der Waals surface area contributed by atoms with Crippen LogP contribution in [0.5, 0.6) is 0 Å². The fraction of sp³-hybridized carbons (Fsp3) is 0.778. The summed E-state index contributed by atoms with van der Waals surface area (Å²) >= 11 is 0. The first-order valence-electron chi connectivity index (χ1n) is 4.84. The molecule has 0 aromatic heterocycles. The monoisotopic (exact) mass is 200 g/mol. The van der Waals surface area contributed by atoms with Crippen LogP contribution < -0.4 is 10.6 Å². The van der Waals surface area contributed by atoms with Crippen LogP contribution in [0.3, 0.4) is 0 Å². The van der Waals surface area contributed by atoms with E-state index in [1.54, 1.807) is 6.92 Å². The summed E-state index contributed by atoms with van der Waals surface area (Å²) in [4.78, 5) is 21.8. The van der Waals surface area contributed by atoms with Gasteiger partial charge in [0.25, 0.3) is 0 Å². The number of nitrogens with one attached hydrogen (secondary N) is 2. The zero-order valence-corrected chi connectivity index (χ0v) is 8.41. The van der Waals surface area contributed by atoms with Gasteiger partial charge >= 0.3 is 12.0 Å². The highest BCUT2D eigenvalue weighted by atomic mass is 16.4. The molecule has 5 heteroatoms. The first-order valence-corrected chi connectivity index (χ1v) is 4.84. The highest BCUT2D eigenvalue weighted by Crippen LogP contribution is 2.28. The molecule has 0 saturated heterocycles. The minimum atomic E-state index is -0.994. The Morgan fingerprint density at radius 2 is 2.14 bits per heavy atom. The lowest BCUT2D eigenvalue weighted by molar-refractivity contribution is -0.139. The van der Waals surface area contributed by atoms with E-state index in [2.05, 4.69) is 10.6 Å². The van der Waals surface area contributed by atoms with Crippen molar-refractivity contribution in [2.24, 2.45) is 5.92 Å². The molecule has 0 bridgehead atoms. The highest BCUT2D eigenvalue weighted by molar-refractivity contribution is 5.82. The van der Waals surface area contributed by atoms with Gasteiger partial charge in [-0.2, -0.15) is 0 Å².